The van der Waals surface area contributed by atoms with Crippen LogP contribution in [0.15, 0.2) is 41.0 Å². The number of hydrogen-bond donors (Lipinski definition) is 1. The molecule has 18 heavy (non-hydrogen) atoms. The van der Waals surface area contributed by atoms with Crippen LogP contribution >= 0.6 is 39.1 Å². The topological polar surface area (TPSA) is 24.9 Å². The predicted octanol–water partition coefficient (Wildman–Crippen LogP) is 5.32. The maximum atomic E-state index is 6.16. The van der Waals surface area contributed by atoms with Crippen molar-refractivity contribution in [2.45, 2.75) is 13.0 Å². The van der Waals surface area contributed by atoms with Gasteiger partial charge in [-0.2, -0.15) is 0 Å². The van der Waals surface area contributed by atoms with Crippen molar-refractivity contribution in [3.63, 3.8) is 0 Å². The zero-order valence-electron chi connectivity index (χ0n) is 9.62. The first kappa shape index (κ1) is 13.7. The highest BCUT2D eigenvalue weighted by molar-refractivity contribution is 9.10. The maximum Gasteiger partial charge on any atom is 0.126 e. The van der Waals surface area contributed by atoms with Crippen molar-refractivity contribution in [3.8, 4) is 0 Å². The van der Waals surface area contributed by atoms with E-state index < -0.39 is 0 Å². The van der Waals surface area contributed by atoms with Gasteiger partial charge in [0.2, 0.25) is 0 Å². The Kier molecular flexibility index (Phi) is 4.49. The van der Waals surface area contributed by atoms with Gasteiger partial charge in [-0.3, -0.25) is 0 Å². The van der Waals surface area contributed by atoms with E-state index in [1.807, 2.05) is 31.2 Å². The molecule has 0 saturated heterocycles. The first-order valence-electron chi connectivity index (χ1n) is 5.39. The number of rotatable bonds is 3. The van der Waals surface area contributed by atoms with Crippen LogP contribution in [0, 0.1) is 0 Å². The Bertz CT molecular complexity index is 543. The minimum atomic E-state index is 0.0587. The molecule has 0 bridgehead atoms. The van der Waals surface area contributed by atoms with Crippen LogP contribution in [0.25, 0.3) is 0 Å². The Hall–Kier alpha value is -0.770. The van der Waals surface area contributed by atoms with Crippen LogP contribution in [0.5, 0.6) is 0 Å². The minimum absolute atomic E-state index is 0.0587. The summed E-state index contributed by atoms with van der Waals surface area (Å²) in [5.74, 6) is 0.803. The summed E-state index contributed by atoms with van der Waals surface area (Å²) < 4.78 is 0.949. The highest BCUT2D eigenvalue weighted by Gasteiger charge is 2.10. The van der Waals surface area contributed by atoms with E-state index in [2.05, 4.69) is 26.2 Å². The molecule has 0 aliphatic heterocycles. The van der Waals surface area contributed by atoms with Gasteiger partial charge < -0.3 is 5.32 Å². The molecule has 1 aromatic heterocycles. The lowest BCUT2D eigenvalue weighted by Gasteiger charge is -2.16. The summed E-state index contributed by atoms with van der Waals surface area (Å²) >= 11 is 15.4. The van der Waals surface area contributed by atoms with Crippen LogP contribution in [0.3, 0.4) is 0 Å². The molecule has 5 heteroatoms. The summed E-state index contributed by atoms with van der Waals surface area (Å²) in [4.78, 5) is 4.26. The summed E-state index contributed by atoms with van der Waals surface area (Å²) in [5, 5.41) is 4.58. The van der Waals surface area contributed by atoms with Gasteiger partial charge in [0.1, 0.15) is 5.82 Å². The second-order valence-corrected chi connectivity index (χ2v) is 5.65. The molecular weight excluding hydrogens is 335 g/mol. The molecule has 2 aromatic rings. The largest absolute Gasteiger partial charge is 0.363 e. The Labute approximate surface area is 124 Å². The fourth-order valence-electron chi connectivity index (χ4n) is 1.61. The molecule has 2 nitrogen and oxygen atoms in total. The van der Waals surface area contributed by atoms with E-state index in [0.717, 1.165) is 15.9 Å². The fraction of sp³-hybridized carbons (Fsp3) is 0.154. The minimum Gasteiger partial charge on any atom is -0.363 e. The number of benzene rings is 1. The van der Waals surface area contributed by atoms with Crippen LogP contribution in [0.2, 0.25) is 10.0 Å². The molecule has 1 heterocycles. The Balaban J connectivity index is 2.16. The molecule has 0 radical (unpaired) electrons. The second-order valence-electron chi connectivity index (χ2n) is 3.89. The molecule has 94 valence electrons. The van der Waals surface area contributed by atoms with Crippen molar-refractivity contribution in [3.05, 3.63) is 56.6 Å². The zero-order valence-corrected chi connectivity index (χ0v) is 12.7. The summed E-state index contributed by atoms with van der Waals surface area (Å²) in [6.07, 6.45) is 1.75. The number of aromatic nitrogens is 1. The number of nitrogens with one attached hydrogen (secondary N) is 1. The molecule has 2 rings (SSSR count). The van der Waals surface area contributed by atoms with Crippen LogP contribution in [0.4, 0.5) is 5.82 Å². The highest BCUT2D eigenvalue weighted by Crippen LogP contribution is 2.28. The molecule has 0 aliphatic rings. The maximum absolute atomic E-state index is 6.16. The Morgan fingerprint density at radius 3 is 2.61 bits per heavy atom. The summed E-state index contributed by atoms with van der Waals surface area (Å²) in [7, 11) is 0. The standard InChI is InChI=1S/C13H11BrCl2N2/c1-8(11-4-3-10(15)6-12(11)16)18-13-5-2-9(14)7-17-13/h2-8H,1H3,(H,17,18). The highest BCUT2D eigenvalue weighted by atomic mass is 79.9. The molecule has 0 aliphatic carbocycles. The van der Waals surface area contributed by atoms with E-state index in [4.69, 9.17) is 23.2 Å². The number of hydrogen-bond acceptors (Lipinski definition) is 2. The molecule has 1 atom stereocenters. The summed E-state index contributed by atoms with van der Waals surface area (Å²) in [6.45, 7) is 2.03. The van der Waals surface area contributed by atoms with E-state index in [-0.39, 0.29) is 6.04 Å². The molecule has 1 N–H and O–H groups in total. The lowest BCUT2D eigenvalue weighted by Crippen LogP contribution is -2.08. The van der Waals surface area contributed by atoms with Gasteiger partial charge in [-0.1, -0.05) is 29.3 Å². The average molecular weight is 346 g/mol. The van der Waals surface area contributed by atoms with E-state index in [0.29, 0.717) is 10.0 Å². The third-order valence-electron chi connectivity index (χ3n) is 2.52. The van der Waals surface area contributed by atoms with Crippen molar-refractivity contribution in [2.75, 3.05) is 5.32 Å². The van der Waals surface area contributed by atoms with Crippen molar-refractivity contribution in [1.29, 1.82) is 0 Å². The lowest BCUT2D eigenvalue weighted by molar-refractivity contribution is 0.875. The zero-order chi connectivity index (χ0) is 13.1. The van der Waals surface area contributed by atoms with Crippen LogP contribution in [0.1, 0.15) is 18.5 Å². The number of pyridine rings is 1. The van der Waals surface area contributed by atoms with Crippen molar-refractivity contribution >= 4 is 44.9 Å². The molecule has 0 amide bonds. The van der Waals surface area contributed by atoms with E-state index in [9.17, 15) is 0 Å². The first-order chi connectivity index (χ1) is 8.56. The third kappa shape index (κ3) is 3.37. The van der Waals surface area contributed by atoms with Gasteiger partial charge in [0, 0.05) is 20.7 Å². The van der Waals surface area contributed by atoms with E-state index in [1.165, 1.54) is 0 Å². The number of anilines is 1. The predicted molar refractivity (Wildman–Crippen MR) is 80.4 cm³/mol. The van der Waals surface area contributed by atoms with Gasteiger partial charge in [0.15, 0.2) is 0 Å². The van der Waals surface area contributed by atoms with Crippen molar-refractivity contribution in [2.24, 2.45) is 0 Å². The van der Waals surface area contributed by atoms with Gasteiger partial charge in [-0.15, -0.1) is 0 Å². The lowest BCUT2D eigenvalue weighted by atomic mass is 10.1. The van der Waals surface area contributed by atoms with E-state index >= 15 is 0 Å². The van der Waals surface area contributed by atoms with Crippen LogP contribution < -0.4 is 5.32 Å². The van der Waals surface area contributed by atoms with E-state index in [1.54, 1.807) is 12.3 Å². The summed E-state index contributed by atoms with van der Waals surface area (Å²) in [6, 6.07) is 9.39. The van der Waals surface area contributed by atoms with Gasteiger partial charge in [0.25, 0.3) is 0 Å². The fourth-order valence-corrected chi connectivity index (χ4v) is 2.42. The molecule has 1 unspecified atom stereocenters. The van der Waals surface area contributed by atoms with Crippen molar-refractivity contribution in [1.82, 2.24) is 4.98 Å². The van der Waals surface area contributed by atoms with Crippen LogP contribution in [-0.2, 0) is 0 Å². The molecule has 1 aromatic carbocycles. The quantitative estimate of drug-likeness (QED) is 0.813. The number of halogens is 3. The van der Waals surface area contributed by atoms with Crippen LogP contribution in [-0.4, -0.2) is 4.98 Å². The summed E-state index contributed by atoms with van der Waals surface area (Å²) in [5.41, 5.74) is 0.991. The monoisotopic (exact) mass is 344 g/mol. The third-order valence-corrected chi connectivity index (χ3v) is 3.55. The van der Waals surface area contributed by atoms with Gasteiger partial charge in [-0.05, 0) is 52.7 Å². The van der Waals surface area contributed by atoms with Crippen molar-refractivity contribution < 1.29 is 0 Å². The average Bonchev–Trinajstić information content (AvgIpc) is 2.32. The Morgan fingerprint density at radius 1 is 1.22 bits per heavy atom. The second kappa shape index (κ2) is 5.91. The van der Waals surface area contributed by atoms with Gasteiger partial charge in [-0.25, -0.2) is 4.98 Å². The molecule has 0 saturated carbocycles. The Morgan fingerprint density at radius 2 is 2.00 bits per heavy atom. The van der Waals surface area contributed by atoms with Gasteiger partial charge >= 0.3 is 0 Å². The molecular formula is C13H11BrCl2N2. The number of nitrogens with zero attached hydrogens (tertiary/aromatic N) is 1. The normalized spacial score (nSPS) is 12.2. The smallest absolute Gasteiger partial charge is 0.126 e. The van der Waals surface area contributed by atoms with Gasteiger partial charge in [0.05, 0.1) is 6.04 Å². The SMILES string of the molecule is CC(Nc1ccc(Br)cn1)c1ccc(Cl)cc1Cl. The molecule has 0 fully saturated rings. The molecule has 0 spiro atoms. The first-order valence-corrected chi connectivity index (χ1v) is 6.94.